The molecule has 2 rings (SSSR count). The van der Waals surface area contributed by atoms with Crippen molar-refractivity contribution < 1.29 is 0 Å². The van der Waals surface area contributed by atoms with Gasteiger partial charge < -0.3 is 0 Å². The molecule has 0 aliphatic heterocycles. The Morgan fingerprint density at radius 3 is 2.75 bits per heavy atom. The molecule has 0 nitrogen and oxygen atoms in total. The van der Waals surface area contributed by atoms with E-state index in [9.17, 15) is 0 Å². The standard InChI is InChI=1S/C12H15/c1-2-10-5-3-8-12(9-10)11-6-4-7-11/h3,5,8-9,11H,1-2,4,6-7H2. The van der Waals surface area contributed by atoms with Crippen molar-refractivity contribution in [1.82, 2.24) is 0 Å². The van der Waals surface area contributed by atoms with Gasteiger partial charge in [0.15, 0.2) is 0 Å². The maximum absolute atomic E-state index is 3.90. The summed E-state index contributed by atoms with van der Waals surface area (Å²) in [5.41, 5.74) is 2.90. The van der Waals surface area contributed by atoms with E-state index in [0.29, 0.717) is 0 Å². The van der Waals surface area contributed by atoms with E-state index in [1.165, 1.54) is 30.4 Å². The molecule has 0 spiro atoms. The average molecular weight is 159 g/mol. The fourth-order valence-electron chi connectivity index (χ4n) is 1.74. The Balaban J connectivity index is 2.19. The minimum atomic E-state index is 0.858. The average Bonchev–Trinajstić information content (AvgIpc) is 2.02. The van der Waals surface area contributed by atoms with Crippen LogP contribution in [0.25, 0.3) is 0 Å². The van der Waals surface area contributed by atoms with E-state index in [1.807, 2.05) is 0 Å². The summed E-state index contributed by atoms with van der Waals surface area (Å²) < 4.78 is 0. The summed E-state index contributed by atoms with van der Waals surface area (Å²) >= 11 is 0. The lowest BCUT2D eigenvalue weighted by molar-refractivity contribution is 0.419. The predicted molar refractivity (Wildman–Crippen MR) is 52.1 cm³/mol. The molecule has 1 aromatic rings. The Morgan fingerprint density at radius 2 is 2.17 bits per heavy atom. The van der Waals surface area contributed by atoms with Crippen LogP contribution in [0.15, 0.2) is 24.3 Å². The Hall–Kier alpha value is -0.780. The Kier molecular flexibility index (Phi) is 2.16. The lowest BCUT2D eigenvalue weighted by Gasteiger charge is -2.26. The molecular formula is C12H15. The van der Waals surface area contributed by atoms with Gasteiger partial charge in [0, 0.05) is 0 Å². The molecule has 0 amide bonds. The number of benzene rings is 1. The van der Waals surface area contributed by atoms with E-state index in [4.69, 9.17) is 0 Å². The quantitative estimate of drug-likeness (QED) is 0.621. The normalized spacial score (nSPS) is 17.4. The molecule has 1 fully saturated rings. The van der Waals surface area contributed by atoms with Gasteiger partial charge in [0.2, 0.25) is 0 Å². The van der Waals surface area contributed by atoms with Gasteiger partial charge >= 0.3 is 0 Å². The van der Waals surface area contributed by atoms with Crippen molar-refractivity contribution in [3.05, 3.63) is 42.3 Å². The van der Waals surface area contributed by atoms with Gasteiger partial charge in [-0.3, -0.25) is 0 Å². The zero-order valence-corrected chi connectivity index (χ0v) is 7.42. The van der Waals surface area contributed by atoms with E-state index >= 15 is 0 Å². The maximum atomic E-state index is 3.90. The van der Waals surface area contributed by atoms with Crippen LogP contribution in [0.1, 0.15) is 36.3 Å². The molecule has 0 saturated heterocycles. The summed E-state index contributed by atoms with van der Waals surface area (Å²) in [5.74, 6) is 0.858. The molecule has 1 aliphatic rings. The lowest BCUT2D eigenvalue weighted by Crippen LogP contribution is -2.08. The summed E-state index contributed by atoms with van der Waals surface area (Å²) in [5, 5.41) is 0. The van der Waals surface area contributed by atoms with Crippen LogP contribution in [-0.2, 0) is 6.42 Å². The molecule has 0 unspecified atom stereocenters. The first kappa shape index (κ1) is 7.85. The van der Waals surface area contributed by atoms with Gasteiger partial charge in [-0.05, 0) is 43.2 Å². The van der Waals surface area contributed by atoms with Crippen LogP contribution >= 0.6 is 0 Å². The molecule has 1 radical (unpaired) electrons. The zero-order valence-electron chi connectivity index (χ0n) is 7.42. The second kappa shape index (κ2) is 3.30. The van der Waals surface area contributed by atoms with Crippen LogP contribution in [0.4, 0.5) is 0 Å². The van der Waals surface area contributed by atoms with Crippen LogP contribution < -0.4 is 0 Å². The Morgan fingerprint density at radius 1 is 1.33 bits per heavy atom. The predicted octanol–water partition coefficient (Wildman–Crippen LogP) is 3.33. The highest BCUT2D eigenvalue weighted by Gasteiger charge is 2.18. The molecule has 0 N–H and O–H groups in total. The molecule has 0 atom stereocenters. The summed E-state index contributed by atoms with van der Waals surface area (Å²) in [4.78, 5) is 0. The van der Waals surface area contributed by atoms with E-state index in [-0.39, 0.29) is 0 Å². The molecule has 1 saturated carbocycles. The molecule has 0 aromatic heterocycles. The summed E-state index contributed by atoms with van der Waals surface area (Å²) in [6, 6.07) is 8.89. The lowest BCUT2D eigenvalue weighted by atomic mass is 9.79. The van der Waals surface area contributed by atoms with Crippen LogP contribution in [-0.4, -0.2) is 0 Å². The zero-order chi connectivity index (χ0) is 8.39. The van der Waals surface area contributed by atoms with Crippen molar-refractivity contribution in [2.45, 2.75) is 31.6 Å². The van der Waals surface area contributed by atoms with Gasteiger partial charge in [0.25, 0.3) is 0 Å². The Labute approximate surface area is 74.6 Å². The summed E-state index contributed by atoms with van der Waals surface area (Å²) in [6.07, 6.45) is 5.11. The van der Waals surface area contributed by atoms with Crippen molar-refractivity contribution >= 4 is 0 Å². The number of hydrogen-bond acceptors (Lipinski definition) is 0. The van der Waals surface area contributed by atoms with Crippen molar-refractivity contribution in [2.75, 3.05) is 0 Å². The smallest absolute Gasteiger partial charge is 0.0162 e. The second-order valence-electron chi connectivity index (χ2n) is 3.62. The summed E-state index contributed by atoms with van der Waals surface area (Å²) in [7, 11) is 0. The van der Waals surface area contributed by atoms with Gasteiger partial charge in [0.1, 0.15) is 0 Å². The molecule has 1 aliphatic carbocycles. The molecule has 0 heterocycles. The van der Waals surface area contributed by atoms with Crippen molar-refractivity contribution in [1.29, 1.82) is 0 Å². The van der Waals surface area contributed by atoms with Gasteiger partial charge in [-0.15, -0.1) is 0 Å². The van der Waals surface area contributed by atoms with Crippen LogP contribution in [0.3, 0.4) is 0 Å². The SMILES string of the molecule is [CH2]Cc1cccc(C2CCC2)c1. The minimum absolute atomic E-state index is 0.858. The van der Waals surface area contributed by atoms with Crippen LogP contribution in [0, 0.1) is 6.92 Å². The highest BCUT2D eigenvalue weighted by molar-refractivity contribution is 5.27. The number of rotatable bonds is 2. The first-order valence-corrected chi connectivity index (χ1v) is 4.78. The fourth-order valence-corrected chi connectivity index (χ4v) is 1.74. The third kappa shape index (κ3) is 1.38. The van der Waals surface area contributed by atoms with Crippen LogP contribution in [0.5, 0.6) is 0 Å². The van der Waals surface area contributed by atoms with E-state index < -0.39 is 0 Å². The highest BCUT2D eigenvalue weighted by Crippen LogP contribution is 2.36. The Bertz CT molecular complexity index is 258. The van der Waals surface area contributed by atoms with Gasteiger partial charge in [0.05, 0.1) is 0 Å². The first-order chi connectivity index (χ1) is 5.90. The van der Waals surface area contributed by atoms with Crippen molar-refractivity contribution in [2.24, 2.45) is 0 Å². The van der Waals surface area contributed by atoms with E-state index in [0.717, 1.165) is 12.3 Å². The molecule has 12 heavy (non-hydrogen) atoms. The van der Waals surface area contributed by atoms with E-state index in [2.05, 4.69) is 31.2 Å². The van der Waals surface area contributed by atoms with Gasteiger partial charge in [-0.1, -0.05) is 30.7 Å². The highest BCUT2D eigenvalue weighted by atomic mass is 14.2. The third-order valence-corrected chi connectivity index (χ3v) is 2.82. The molecular weight excluding hydrogens is 144 g/mol. The molecule has 63 valence electrons. The van der Waals surface area contributed by atoms with Crippen LogP contribution in [0.2, 0.25) is 0 Å². The number of hydrogen-bond donors (Lipinski definition) is 0. The largest absolute Gasteiger partial charge is 0.0617 e. The topological polar surface area (TPSA) is 0 Å². The minimum Gasteiger partial charge on any atom is -0.0617 e. The third-order valence-electron chi connectivity index (χ3n) is 2.82. The van der Waals surface area contributed by atoms with Crippen molar-refractivity contribution in [3.63, 3.8) is 0 Å². The van der Waals surface area contributed by atoms with E-state index in [1.54, 1.807) is 0 Å². The molecule has 0 heteroatoms. The fraction of sp³-hybridized carbons (Fsp3) is 0.417. The summed E-state index contributed by atoms with van der Waals surface area (Å²) in [6.45, 7) is 3.90. The van der Waals surface area contributed by atoms with Crippen molar-refractivity contribution in [3.8, 4) is 0 Å². The molecule has 1 aromatic carbocycles. The molecule has 0 bridgehead atoms. The van der Waals surface area contributed by atoms with Gasteiger partial charge in [-0.2, -0.15) is 0 Å². The maximum Gasteiger partial charge on any atom is -0.0162 e. The first-order valence-electron chi connectivity index (χ1n) is 4.78. The van der Waals surface area contributed by atoms with Gasteiger partial charge in [-0.25, -0.2) is 0 Å². The second-order valence-corrected chi connectivity index (χ2v) is 3.62. The monoisotopic (exact) mass is 159 g/mol.